The van der Waals surface area contributed by atoms with Gasteiger partial charge in [0.1, 0.15) is 29.7 Å². The fraction of sp³-hybridized carbons (Fsp3) is 0.381. The average molecular weight is 432 g/mol. The molecule has 0 spiro atoms. The number of aryl methyl sites for hydroxylation is 2. The van der Waals surface area contributed by atoms with Crippen LogP contribution < -0.4 is 10.1 Å². The molecule has 3 rings (SSSR count). The summed E-state index contributed by atoms with van der Waals surface area (Å²) < 4.78 is 11.6. The number of ether oxygens (including phenoxy) is 1. The number of carbonyl (C=O) groups is 2. The number of rotatable bonds is 8. The monoisotopic (exact) mass is 431 g/mol. The Balaban J connectivity index is 1.79. The van der Waals surface area contributed by atoms with E-state index in [-0.39, 0.29) is 19.1 Å². The molecule has 1 unspecified atom stereocenters. The second-order valence-electron chi connectivity index (χ2n) is 7.02. The Bertz CT molecular complexity index is 1060. The molecule has 0 bridgehead atoms. The minimum atomic E-state index is -0.743. The molecule has 8 nitrogen and oxygen atoms in total. The SMILES string of the molecule is Cc1ncsc1COc1ccc2oc(C)c(C(=O)NC(C)C(=O)N(C)CCO)c2c1. The van der Waals surface area contributed by atoms with Crippen molar-refractivity contribution in [2.75, 3.05) is 20.2 Å². The lowest BCUT2D eigenvalue weighted by Crippen LogP contribution is -2.46. The molecule has 0 aliphatic carbocycles. The van der Waals surface area contributed by atoms with Crippen molar-refractivity contribution in [2.45, 2.75) is 33.4 Å². The van der Waals surface area contributed by atoms with Gasteiger partial charge in [-0.25, -0.2) is 4.98 Å². The third-order valence-corrected chi connectivity index (χ3v) is 5.72. The zero-order valence-electron chi connectivity index (χ0n) is 17.4. The predicted molar refractivity (Wildman–Crippen MR) is 114 cm³/mol. The van der Waals surface area contributed by atoms with Crippen molar-refractivity contribution in [3.63, 3.8) is 0 Å². The summed E-state index contributed by atoms with van der Waals surface area (Å²) in [5, 5.41) is 12.3. The zero-order chi connectivity index (χ0) is 21.8. The second kappa shape index (κ2) is 9.27. The molecule has 0 aliphatic heterocycles. The molecule has 0 fully saturated rings. The molecule has 2 heterocycles. The van der Waals surface area contributed by atoms with Crippen LogP contribution in [0.15, 0.2) is 28.1 Å². The van der Waals surface area contributed by atoms with Gasteiger partial charge in [0.2, 0.25) is 5.91 Å². The van der Waals surface area contributed by atoms with E-state index in [1.807, 2.05) is 6.92 Å². The molecule has 2 N–H and O–H groups in total. The van der Waals surface area contributed by atoms with Crippen molar-refractivity contribution in [1.82, 2.24) is 15.2 Å². The molecule has 0 saturated heterocycles. The van der Waals surface area contributed by atoms with Gasteiger partial charge < -0.3 is 24.5 Å². The van der Waals surface area contributed by atoms with Crippen molar-refractivity contribution in [3.05, 3.63) is 45.6 Å². The molecule has 0 saturated carbocycles. The number of nitrogens with zero attached hydrogens (tertiary/aromatic N) is 2. The first-order valence-corrected chi connectivity index (χ1v) is 10.4. The van der Waals surface area contributed by atoms with E-state index in [9.17, 15) is 9.59 Å². The van der Waals surface area contributed by atoms with Crippen LogP contribution in [0.5, 0.6) is 5.75 Å². The largest absolute Gasteiger partial charge is 0.488 e. The summed E-state index contributed by atoms with van der Waals surface area (Å²) in [6, 6.07) is 4.57. The summed E-state index contributed by atoms with van der Waals surface area (Å²) in [6.45, 7) is 5.70. The highest BCUT2D eigenvalue weighted by Crippen LogP contribution is 2.30. The number of furan rings is 1. The summed E-state index contributed by atoms with van der Waals surface area (Å²) in [6.07, 6.45) is 0. The van der Waals surface area contributed by atoms with Crippen LogP contribution in [-0.4, -0.2) is 53.0 Å². The summed E-state index contributed by atoms with van der Waals surface area (Å²) in [5.41, 5.74) is 3.65. The lowest BCUT2D eigenvalue weighted by atomic mass is 10.1. The number of nitrogens with one attached hydrogen (secondary N) is 1. The van der Waals surface area contributed by atoms with Crippen LogP contribution in [0.4, 0.5) is 0 Å². The Morgan fingerprint density at radius 2 is 2.13 bits per heavy atom. The summed E-state index contributed by atoms with van der Waals surface area (Å²) in [4.78, 5) is 31.8. The quantitative estimate of drug-likeness (QED) is 0.568. The van der Waals surface area contributed by atoms with Crippen LogP contribution in [0.3, 0.4) is 0 Å². The molecule has 3 aromatic rings. The van der Waals surface area contributed by atoms with E-state index in [0.29, 0.717) is 34.6 Å². The van der Waals surface area contributed by atoms with E-state index < -0.39 is 11.9 Å². The molecule has 160 valence electrons. The Morgan fingerprint density at radius 3 is 2.80 bits per heavy atom. The molecule has 1 atom stereocenters. The maximum atomic E-state index is 12.9. The van der Waals surface area contributed by atoms with Gasteiger partial charge in [-0.15, -0.1) is 11.3 Å². The van der Waals surface area contributed by atoms with E-state index >= 15 is 0 Å². The van der Waals surface area contributed by atoms with Crippen molar-refractivity contribution < 1.29 is 23.8 Å². The van der Waals surface area contributed by atoms with E-state index in [1.165, 1.54) is 16.2 Å². The maximum Gasteiger partial charge on any atom is 0.256 e. The predicted octanol–water partition coefficient (Wildman–Crippen LogP) is 2.65. The standard InChI is InChI=1S/C21H25N3O5S/c1-12-18(30-11-22-12)10-28-15-5-6-17-16(9-15)19(14(3)29-17)20(26)23-13(2)21(27)24(4)7-8-25/h5-6,9,11,13,25H,7-8,10H2,1-4H3,(H,23,26). The molecular formula is C21H25N3O5S. The number of aliphatic hydroxyl groups excluding tert-OH is 1. The number of hydrogen-bond acceptors (Lipinski definition) is 7. The maximum absolute atomic E-state index is 12.9. The van der Waals surface area contributed by atoms with Crippen LogP contribution in [0.1, 0.15) is 33.6 Å². The first-order chi connectivity index (χ1) is 14.3. The molecule has 2 aromatic heterocycles. The Labute approximate surface area is 178 Å². The minimum absolute atomic E-state index is 0.141. The van der Waals surface area contributed by atoms with Crippen molar-refractivity contribution in [2.24, 2.45) is 0 Å². The lowest BCUT2D eigenvalue weighted by molar-refractivity contribution is -0.131. The number of aromatic nitrogens is 1. The van der Waals surface area contributed by atoms with Gasteiger partial charge in [0.25, 0.3) is 5.91 Å². The Hall–Kier alpha value is -2.91. The van der Waals surface area contributed by atoms with E-state index in [0.717, 1.165) is 10.6 Å². The van der Waals surface area contributed by atoms with Gasteiger partial charge in [0.15, 0.2) is 0 Å². The number of hydrogen-bond donors (Lipinski definition) is 2. The van der Waals surface area contributed by atoms with Crippen molar-refractivity contribution >= 4 is 34.1 Å². The van der Waals surface area contributed by atoms with Crippen LogP contribution >= 0.6 is 11.3 Å². The molecule has 9 heteroatoms. The van der Waals surface area contributed by atoms with Gasteiger partial charge in [-0.05, 0) is 39.0 Å². The highest BCUT2D eigenvalue weighted by Gasteiger charge is 2.24. The molecule has 0 radical (unpaired) electrons. The zero-order valence-corrected chi connectivity index (χ0v) is 18.2. The summed E-state index contributed by atoms with van der Waals surface area (Å²) in [5.74, 6) is 0.380. The number of benzene rings is 1. The fourth-order valence-corrected chi connectivity index (χ4v) is 3.79. The van der Waals surface area contributed by atoms with Crippen molar-refractivity contribution in [1.29, 1.82) is 0 Å². The number of carbonyl (C=O) groups excluding carboxylic acids is 2. The number of aliphatic hydroxyl groups is 1. The number of likely N-dealkylation sites (N-methyl/N-ethyl adjacent to an activating group) is 1. The highest BCUT2D eigenvalue weighted by atomic mass is 32.1. The highest BCUT2D eigenvalue weighted by molar-refractivity contribution is 7.09. The average Bonchev–Trinajstić information content (AvgIpc) is 3.27. The summed E-state index contributed by atoms with van der Waals surface area (Å²) in [7, 11) is 1.58. The van der Waals surface area contributed by atoms with E-state index in [4.69, 9.17) is 14.3 Å². The van der Waals surface area contributed by atoms with Gasteiger partial charge in [0.05, 0.1) is 28.3 Å². The van der Waals surface area contributed by atoms with Crippen LogP contribution in [0, 0.1) is 13.8 Å². The topological polar surface area (TPSA) is 105 Å². The van der Waals surface area contributed by atoms with Gasteiger partial charge >= 0.3 is 0 Å². The molecule has 0 aliphatic rings. The van der Waals surface area contributed by atoms with Crippen LogP contribution in [0.2, 0.25) is 0 Å². The number of amides is 2. The molecule has 30 heavy (non-hydrogen) atoms. The number of thiazole rings is 1. The van der Waals surface area contributed by atoms with Gasteiger partial charge in [-0.2, -0.15) is 0 Å². The Morgan fingerprint density at radius 1 is 1.37 bits per heavy atom. The molecule has 2 amide bonds. The minimum Gasteiger partial charge on any atom is -0.488 e. The van der Waals surface area contributed by atoms with Crippen molar-refractivity contribution in [3.8, 4) is 5.75 Å². The van der Waals surface area contributed by atoms with E-state index in [2.05, 4.69) is 10.3 Å². The third-order valence-electron chi connectivity index (χ3n) is 4.81. The van der Waals surface area contributed by atoms with Gasteiger partial charge in [-0.3, -0.25) is 9.59 Å². The van der Waals surface area contributed by atoms with Gasteiger partial charge in [0, 0.05) is 19.0 Å². The van der Waals surface area contributed by atoms with Crippen LogP contribution in [0.25, 0.3) is 11.0 Å². The van der Waals surface area contributed by atoms with Crippen LogP contribution in [-0.2, 0) is 11.4 Å². The molecular weight excluding hydrogens is 406 g/mol. The lowest BCUT2D eigenvalue weighted by Gasteiger charge is -2.21. The Kier molecular flexibility index (Phi) is 6.73. The summed E-state index contributed by atoms with van der Waals surface area (Å²) >= 11 is 1.53. The normalized spacial score (nSPS) is 12.0. The first-order valence-electron chi connectivity index (χ1n) is 9.53. The first kappa shape index (κ1) is 21.8. The van der Waals surface area contributed by atoms with E-state index in [1.54, 1.807) is 44.6 Å². The smallest absolute Gasteiger partial charge is 0.256 e. The number of fused-ring (bicyclic) bond motifs is 1. The fourth-order valence-electron chi connectivity index (χ4n) is 3.11. The van der Waals surface area contributed by atoms with Gasteiger partial charge in [-0.1, -0.05) is 0 Å². The third kappa shape index (κ3) is 4.63. The second-order valence-corrected chi connectivity index (χ2v) is 7.96. The molecule has 1 aromatic carbocycles.